The Morgan fingerprint density at radius 2 is 1.68 bits per heavy atom. The largest absolute Gasteiger partial charge is 0.493 e. The van der Waals surface area contributed by atoms with Crippen molar-refractivity contribution in [1.82, 2.24) is 10.2 Å². The van der Waals surface area contributed by atoms with E-state index in [0.29, 0.717) is 23.7 Å². The topological polar surface area (TPSA) is 63.2 Å². The summed E-state index contributed by atoms with van der Waals surface area (Å²) in [4.78, 5) is 2.38. The molecule has 1 aromatic carbocycles. The molecule has 0 spiro atoms. The molecule has 0 saturated carbocycles. The van der Waals surface area contributed by atoms with Crippen LogP contribution >= 0.6 is 0 Å². The Balaban J connectivity index is 2.37. The summed E-state index contributed by atoms with van der Waals surface area (Å²) in [7, 11) is 4.83. The zero-order valence-corrected chi connectivity index (χ0v) is 13.6. The zero-order valence-electron chi connectivity index (χ0n) is 13.6. The minimum absolute atomic E-state index is 0.140. The Hall–Kier alpha value is -1.50. The van der Waals surface area contributed by atoms with Crippen LogP contribution < -0.4 is 19.5 Å². The summed E-state index contributed by atoms with van der Waals surface area (Å²) in [6, 6.07) is 4.09. The quantitative estimate of drug-likeness (QED) is 0.785. The van der Waals surface area contributed by atoms with Crippen molar-refractivity contribution in [2.24, 2.45) is 0 Å². The third-order valence-corrected chi connectivity index (χ3v) is 4.07. The van der Waals surface area contributed by atoms with Gasteiger partial charge in [0.1, 0.15) is 0 Å². The van der Waals surface area contributed by atoms with Gasteiger partial charge >= 0.3 is 0 Å². The second-order valence-electron chi connectivity index (χ2n) is 5.27. The number of benzene rings is 1. The molecular weight excluding hydrogens is 284 g/mol. The van der Waals surface area contributed by atoms with Crippen LogP contribution in [0.5, 0.6) is 17.2 Å². The smallest absolute Gasteiger partial charge is 0.203 e. The highest BCUT2D eigenvalue weighted by Crippen LogP contribution is 2.41. The van der Waals surface area contributed by atoms with Gasteiger partial charge in [0.2, 0.25) is 5.75 Å². The van der Waals surface area contributed by atoms with Gasteiger partial charge in [-0.2, -0.15) is 0 Å². The number of piperazine rings is 1. The Kier molecular flexibility index (Phi) is 6.30. The predicted octanol–water partition coefficient (Wildman–Crippen LogP) is 1.04. The zero-order chi connectivity index (χ0) is 15.9. The number of methoxy groups -OCH3 is 3. The Labute approximate surface area is 132 Å². The Morgan fingerprint density at radius 1 is 1.09 bits per heavy atom. The molecule has 1 fully saturated rings. The van der Waals surface area contributed by atoms with Crippen LogP contribution in [0.4, 0.5) is 0 Å². The van der Waals surface area contributed by atoms with Gasteiger partial charge < -0.3 is 24.6 Å². The minimum Gasteiger partial charge on any atom is -0.493 e. The summed E-state index contributed by atoms with van der Waals surface area (Å²) >= 11 is 0. The summed E-state index contributed by atoms with van der Waals surface area (Å²) in [6.07, 6.45) is 0.679. The summed E-state index contributed by atoms with van der Waals surface area (Å²) in [5.41, 5.74) is 1.07. The number of nitrogens with zero attached hydrogens (tertiary/aromatic N) is 1. The van der Waals surface area contributed by atoms with Crippen molar-refractivity contribution in [2.75, 3.05) is 54.1 Å². The summed E-state index contributed by atoms with van der Waals surface area (Å²) in [6.45, 7) is 3.99. The van der Waals surface area contributed by atoms with Crippen LogP contribution in [-0.2, 0) is 0 Å². The standard InChI is InChI=1S/C16H26N2O4/c1-20-14-10-12(11-15(21-2)16(14)22-3)13(4-9-19)18-7-5-17-6-8-18/h10-11,13,17,19H,4-9H2,1-3H3/t13-/m1/s1. The van der Waals surface area contributed by atoms with Crippen molar-refractivity contribution in [3.05, 3.63) is 17.7 Å². The molecule has 6 nitrogen and oxygen atoms in total. The van der Waals surface area contributed by atoms with Crippen molar-refractivity contribution in [2.45, 2.75) is 12.5 Å². The van der Waals surface area contributed by atoms with Gasteiger partial charge in [-0.05, 0) is 24.1 Å². The molecular formula is C16H26N2O4. The molecule has 1 saturated heterocycles. The van der Waals surface area contributed by atoms with Crippen molar-refractivity contribution in [3.8, 4) is 17.2 Å². The first-order chi connectivity index (χ1) is 10.7. The van der Waals surface area contributed by atoms with Gasteiger partial charge in [0, 0.05) is 38.8 Å². The molecule has 1 aromatic rings. The molecule has 2 rings (SSSR count). The molecule has 0 amide bonds. The normalized spacial score (nSPS) is 17.1. The Morgan fingerprint density at radius 3 is 2.14 bits per heavy atom. The maximum atomic E-state index is 9.45. The van der Waals surface area contributed by atoms with Gasteiger partial charge in [-0.3, -0.25) is 4.90 Å². The maximum Gasteiger partial charge on any atom is 0.203 e. The first kappa shape index (κ1) is 16.9. The number of ether oxygens (including phenoxy) is 3. The van der Waals surface area contributed by atoms with Crippen LogP contribution in [-0.4, -0.2) is 64.1 Å². The van der Waals surface area contributed by atoms with Gasteiger partial charge in [-0.15, -0.1) is 0 Å². The molecule has 2 N–H and O–H groups in total. The molecule has 124 valence electrons. The van der Waals surface area contributed by atoms with E-state index in [2.05, 4.69) is 10.2 Å². The van der Waals surface area contributed by atoms with Gasteiger partial charge in [0.15, 0.2) is 11.5 Å². The van der Waals surface area contributed by atoms with Crippen LogP contribution in [0.3, 0.4) is 0 Å². The highest BCUT2D eigenvalue weighted by atomic mass is 16.5. The van der Waals surface area contributed by atoms with Crippen molar-refractivity contribution in [1.29, 1.82) is 0 Å². The molecule has 0 bridgehead atoms. The van der Waals surface area contributed by atoms with Crippen LogP contribution in [0.2, 0.25) is 0 Å². The number of aliphatic hydroxyl groups is 1. The van der Waals surface area contributed by atoms with E-state index in [1.165, 1.54) is 0 Å². The second-order valence-corrected chi connectivity index (χ2v) is 5.27. The van der Waals surface area contributed by atoms with Gasteiger partial charge in [0.05, 0.1) is 21.3 Å². The molecule has 0 unspecified atom stereocenters. The number of rotatable bonds is 7. The molecule has 22 heavy (non-hydrogen) atoms. The first-order valence-electron chi connectivity index (χ1n) is 7.60. The van der Waals surface area contributed by atoms with E-state index in [4.69, 9.17) is 14.2 Å². The van der Waals surface area contributed by atoms with E-state index in [0.717, 1.165) is 31.7 Å². The summed E-state index contributed by atoms with van der Waals surface area (Å²) in [5.74, 6) is 1.89. The molecule has 1 atom stereocenters. The first-order valence-corrected chi connectivity index (χ1v) is 7.60. The Bertz CT molecular complexity index is 450. The second kappa shape index (κ2) is 8.22. The molecule has 6 heteroatoms. The lowest BCUT2D eigenvalue weighted by Crippen LogP contribution is -2.45. The number of hydrogen-bond acceptors (Lipinski definition) is 6. The monoisotopic (exact) mass is 310 g/mol. The van der Waals surface area contributed by atoms with Crippen LogP contribution in [0, 0.1) is 0 Å². The van der Waals surface area contributed by atoms with E-state index in [1.807, 2.05) is 12.1 Å². The van der Waals surface area contributed by atoms with Crippen LogP contribution in [0.15, 0.2) is 12.1 Å². The minimum atomic E-state index is 0.140. The number of nitrogens with one attached hydrogen (secondary N) is 1. The highest BCUT2D eigenvalue weighted by molar-refractivity contribution is 5.54. The van der Waals surface area contributed by atoms with Crippen LogP contribution in [0.1, 0.15) is 18.0 Å². The van der Waals surface area contributed by atoms with E-state index >= 15 is 0 Å². The van der Waals surface area contributed by atoms with Crippen LogP contribution in [0.25, 0.3) is 0 Å². The molecule has 1 heterocycles. The van der Waals surface area contributed by atoms with Gasteiger partial charge in [-0.1, -0.05) is 0 Å². The SMILES string of the molecule is COc1cc([C@@H](CCO)N2CCNCC2)cc(OC)c1OC. The fourth-order valence-electron chi connectivity index (χ4n) is 2.97. The van der Waals surface area contributed by atoms with E-state index in [-0.39, 0.29) is 12.6 Å². The average molecular weight is 310 g/mol. The third-order valence-electron chi connectivity index (χ3n) is 4.07. The molecule has 0 aliphatic carbocycles. The lowest BCUT2D eigenvalue weighted by Gasteiger charge is -2.35. The van der Waals surface area contributed by atoms with Gasteiger partial charge in [-0.25, -0.2) is 0 Å². The highest BCUT2D eigenvalue weighted by Gasteiger charge is 2.24. The van der Waals surface area contributed by atoms with E-state index in [1.54, 1.807) is 21.3 Å². The molecule has 1 aliphatic heterocycles. The lowest BCUT2D eigenvalue weighted by atomic mass is 10.00. The maximum absolute atomic E-state index is 9.45. The fourth-order valence-corrected chi connectivity index (χ4v) is 2.97. The van der Waals surface area contributed by atoms with Gasteiger partial charge in [0.25, 0.3) is 0 Å². The fraction of sp³-hybridized carbons (Fsp3) is 0.625. The summed E-state index contributed by atoms with van der Waals surface area (Å²) in [5, 5.41) is 12.8. The molecule has 1 aliphatic rings. The average Bonchev–Trinajstić information content (AvgIpc) is 2.59. The van der Waals surface area contributed by atoms with E-state index < -0.39 is 0 Å². The number of hydrogen-bond donors (Lipinski definition) is 2. The summed E-state index contributed by atoms with van der Waals surface area (Å²) < 4.78 is 16.2. The van der Waals surface area contributed by atoms with Crippen molar-refractivity contribution >= 4 is 0 Å². The molecule has 0 radical (unpaired) electrons. The lowest BCUT2D eigenvalue weighted by molar-refractivity contribution is 0.140. The predicted molar refractivity (Wildman–Crippen MR) is 85.0 cm³/mol. The number of aliphatic hydroxyl groups excluding tert-OH is 1. The van der Waals surface area contributed by atoms with E-state index in [9.17, 15) is 5.11 Å². The third kappa shape index (κ3) is 3.63. The van der Waals surface area contributed by atoms with Crippen molar-refractivity contribution in [3.63, 3.8) is 0 Å². The van der Waals surface area contributed by atoms with Crippen molar-refractivity contribution < 1.29 is 19.3 Å². The molecule has 0 aromatic heterocycles.